The monoisotopic (exact) mass is 377 g/mol. The molecule has 0 aromatic heterocycles. The van der Waals surface area contributed by atoms with E-state index in [9.17, 15) is 8.42 Å². The largest absolute Gasteiger partial charge is 0.490 e. The molecule has 0 bridgehead atoms. The summed E-state index contributed by atoms with van der Waals surface area (Å²) in [5.74, 6) is 1.24. The molecule has 26 heavy (non-hydrogen) atoms. The van der Waals surface area contributed by atoms with E-state index in [1.165, 1.54) is 0 Å². The van der Waals surface area contributed by atoms with Gasteiger partial charge in [-0.2, -0.15) is 0 Å². The Balaban J connectivity index is 2.16. The maximum absolute atomic E-state index is 12.5. The molecule has 0 saturated heterocycles. The molecule has 0 aliphatic heterocycles. The summed E-state index contributed by atoms with van der Waals surface area (Å²) in [7, 11) is -3.47. The molecular formula is C20H27NO4S. The number of benzene rings is 2. The van der Waals surface area contributed by atoms with Crippen LogP contribution in [0, 0.1) is 6.92 Å². The third-order valence-electron chi connectivity index (χ3n) is 4.03. The minimum absolute atomic E-state index is 0.0423. The van der Waals surface area contributed by atoms with E-state index in [0.29, 0.717) is 24.7 Å². The molecule has 0 saturated carbocycles. The van der Waals surface area contributed by atoms with Crippen molar-refractivity contribution in [2.45, 2.75) is 39.5 Å². The Morgan fingerprint density at radius 3 is 2.31 bits per heavy atom. The molecule has 142 valence electrons. The Morgan fingerprint density at radius 2 is 1.65 bits per heavy atom. The van der Waals surface area contributed by atoms with Gasteiger partial charge in [0.1, 0.15) is 0 Å². The number of hydrogen-bond acceptors (Lipinski definition) is 4. The van der Waals surface area contributed by atoms with Crippen molar-refractivity contribution in [2.75, 3.05) is 13.2 Å². The smallest absolute Gasteiger partial charge is 0.216 e. The van der Waals surface area contributed by atoms with Gasteiger partial charge in [-0.05, 0) is 56.5 Å². The maximum Gasteiger partial charge on any atom is 0.216 e. The van der Waals surface area contributed by atoms with E-state index in [4.69, 9.17) is 9.47 Å². The van der Waals surface area contributed by atoms with Gasteiger partial charge in [-0.1, -0.05) is 30.3 Å². The first-order valence-corrected chi connectivity index (χ1v) is 10.5. The zero-order chi connectivity index (χ0) is 19.2. The minimum atomic E-state index is -3.47. The highest BCUT2D eigenvalue weighted by molar-refractivity contribution is 7.88. The Labute approximate surface area is 156 Å². The summed E-state index contributed by atoms with van der Waals surface area (Å²) in [6.07, 6.45) is 0. The molecule has 1 unspecified atom stereocenters. The zero-order valence-electron chi connectivity index (χ0n) is 15.8. The Morgan fingerprint density at radius 1 is 1.00 bits per heavy atom. The lowest BCUT2D eigenvalue weighted by Crippen LogP contribution is -2.28. The van der Waals surface area contributed by atoms with Crippen LogP contribution >= 0.6 is 0 Å². The summed E-state index contributed by atoms with van der Waals surface area (Å²) in [6.45, 7) is 8.59. The van der Waals surface area contributed by atoms with Crippen LogP contribution in [0.2, 0.25) is 0 Å². The van der Waals surface area contributed by atoms with Gasteiger partial charge in [0.25, 0.3) is 0 Å². The van der Waals surface area contributed by atoms with Gasteiger partial charge in [0, 0.05) is 6.04 Å². The Bertz CT molecular complexity index is 833. The Kier molecular flexibility index (Phi) is 7.06. The van der Waals surface area contributed by atoms with Crippen molar-refractivity contribution in [1.29, 1.82) is 0 Å². The predicted molar refractivity (Wildman–Crippen MR) is 104 cm³/mol. The highest BCUT2D eigenvalue weighted by atomic mass is 32.2. The molecule has 1 N–H and O–H groups in total. The standard InChI is InChI=1S/C20H27NO4S/c1-5-24-19-12-11-17(13-20(19)25-6-2)16(4)21-26(22,23)14-18-10-8-7-9-15(18)3/h7-13,16,21H,5-6,14H2,1-4H3. The highest BCUT2D eigenvalue weighted by Crippen LogP contribution is 2.31. The minimum Gasteiger partial charge on any atom is -0.490 e. The van der Waals surface area contributed by atoms with E-state index < -0.39 is 10.0 Å². The van der Waals surface area contributed by atoms with Crippen molar-refractivity contribution in [3.05, 3.63) is 59.2 Å². The van der Waals surface area contributed by atoms with Crippen molar-refractivity contribution in [3.8, 4) is 11.5 Å². The molecule has 0 spiro atoms. The van der Waals surface area contributed by atoms with Crippen LogP contribution in [0.5, 0.6) is 11.5 Å². The highest BCUT2D eigenvalue weighted by Gasteiger charge is 2.19. The van der Waals surface area contributed by atoms with Gasteiger partial charge in [-0.3, -0.25) is 0 Å². The summed E-state index contributed by atoms with van der Waals surface area (Å²) < 4.78 is 39.0. The summed E-state index contributed by atoms with van der Waals surface area (Å²) in [5.41, 5.74) is 2.59. The van der Waals surface area contributed by atoms with Crippen molar-refractivity contribution < 1.29 is 17.9 Å². The van der Waals surface area contributed by atoms with Crippen LogP contribution in [0.4, 0.5) is 0 Å². The van der Waals surface area contributed by atoms with Crippen molar-refractivity contribution in [2.24, 2.45) is 0 Å². The second kappa shape index (κ2) is 9.05. The first kappa shape index (κ1) is 20.3. The summed E-state index contributed by atoms with van der Waals surface area (Å²) >= 11 is 0. The third kappa shape index (κ3) is 5.47. The van der Waals surface area contributed by atoms with Crippen molar-refractivity contribution >= 4 is 10.0 Å². The fourth-order valence-corrected chi connectivity index (χ4v) is 4.18. The molecule has 0 aliphatic rings. The van der Waals surface area contributed by atoms with Gasteiger partial charge >= 0.3 is 0 Å². The molecule has 0 heterocycles. The number of rotatable bonds is 9. The molecule has 1 atom stereocenters. The summed E-state index contributed by atoms with van der Waals surface area (Å²) in [4.78, 5) is 0. The van der Waals surface area contributed by atoms with Gasteiger partial charge in [0.2, 0.25) is 10.0 Å². The molecule has 0 aliphatic carbocycles. The lowest BCUT2D eigenvalue weighted by molar-refractivity contribution is 0.287. The molecule has 2 aromatic rings. The van der Waals surface area contributed by atoms with Gasteiger partial charge in [-0.15, -0.1) is 0 Å². The van der Waals surface area contributed by atoms with E-state index >= 15 is 0 Å². The number of aryl methyl sites for hydroxylation is 1. The quantitative estimate of drug-likeness (QED) is 0.718. The average Bonchev–Trinajstić information content (AvgIpc) is 2.58. The van der Waals surface area contributed by atoms with Gasteiger partial charge in [0.05, 0.1) is 19.0 Å². The van der Waals surface area contributed by atoms with Crippen LogP contribution in [-0.2, 0) is 15.8 Å². The van der Waals surface area contributed by atoms with Crippen LogP contribution in [0.3, 0.4) is 0 Å². The topological polar surface area (TPSA) is 64.6 Å². The second-order valence-corrected chi connectivity index (χ2v) is 7.85. The molecule has 5 nitrogen and oxygen atoms in total. The molecular weight excluding hydrogens is 350 g/mol. The van der Waals surface area contributed by atoms with Crippen LogP contribution in [-0.4, -0.2) is 21.6 Å². The third-order valence-corrected chi connectivity index (χ3v) is 5.43. The predicted octanol–water partition coefficient (Wildman–Crippen LogP) is 3.97. The molecule has 0 fully saturated rings. The SMILES string of the molecule is CCOc1ccc(C(C)NS(=O)(=O)Cc2ccccc2C)cc1OCC. The van der Waals surface area contributed by atoms with E-state index in [1.807, 2.05) is 70.2 Å². The maximum atomic E-state index is 12.5. The summed E-state index contributed by atoms with van der Waals surface area (Å²) in [6, 6.07) is 12.6. The molecule has 2 rings (SSSR count). The van der Waals surface area contributed by atoms with Crippen LogP contribution in [0.15, 0.2) is 42.5 Å². The average molecular weight is 378 g/mol. The van der Waals surface area contributed by atoms with E-state index in [-0.39, 0.29) is 11.8 Å². The number of hydrogen-bond donors (Lipinski definition) is 1. The normalized spacial score (nSPS) is 12.6. The van der Waals surface area contributed by atoms with Gasteiger partial charge < -0.3 is 9.47 Å². The number of ether oxygens (including phenoxy) is 2. The molecule has 2 aromatic carbocycles. The fraction of sp³-hybridized carbons (Fsp3) is 0.400. The Hall–Kier alpha value is -2.05. The number of nitrogens with one attached hydrogen (secondary N) is 1. The molecule has 6 heteroatoms. The van der Waals surface area contributed by atoms with E-state index in [0.717, 1.165) is 16.7 Å². The van der Waals surface area contributed by atoms with Gasteiger partial charge in [0.15, 0.2) is 11.5 Å². The summed E-state index contributed by atoms with van der Waals surface area (Å²) in [5, 5.41) is 0. The fourth-order valence-electron chi connectivity index (χ4n) is 2.69. The molecule has 0 amide bonds. The number of sulfonamides is 1. The second-order valence-electron chi connectivity index (χ2n) is 6.10. The lowest BCUT2D eigenvalue weighted by atomic mass is 10.1. The van der Waals surface area contributed by atoms with Crippen LogP contribution in [0.1, 0.15) is 43.5 Å². The van der Waals surface area contributed by atoms with E-state index in [1.54, 1.807) is 0 Å². The first-order valence-electron chi connectivity index (χ1n) is 8.80. The van der Waals surface area contributed by atoms with Crippen LogP contribution in [0.25, 0.3) is 0 Å². The first-order chi connectivity index (χ1) is 12.4. The van der Waals surface area contributed by atoms with Crippen molar-refractivity contribution in [1.82, 2.24) is 4.72 Å². The van der Waals surface area contributed by atoms with Crippen molar-refractivity contribution in [3.63, 3.8) is 0 Å². The van der Waals surface area contributed by atoms with Gasteiger partial charge in [-0.25, -0.2) is 13.1 Å². The molecule has 0 radical (unpaired) electrons. The zero-order valence-corrected chi connectivity index (χ0v) is 16.6. The lowest BCUT2D eigenvalue weighted by Gasteiger charge is -2.18. The van der Waals surface area contributed by atoms with Crippen LogP contribution < -0.4 is 14.2 Å². The van der Waals surface area contributed by atoms with E-state index in [2.05, 4.69) is 4.72 Å².